The van der Waals surface area contributed by atoms with E-state index in [1.807, 2.05) is 27.9 Å². The summed E-state index contributed by atoms with van der Waals surface area (Å²) in [7, 11) is -3.69. The van der Waals surface area contributed by atoms with Gasteiger partial charge >= 0.3 is 221 Å². The Balaban J connectivity index is 0.000000186. The van der Waals surface area contributed by atoms with Gasteiger partial charge in [0.15, 0.2) is 8.07 Å². The first-order chi connectivity index (χ1) is 29.6. The molecule has 8 heterocycles. The molecule has 0 aliphatic carbocycles. The van der Waals surface area contributed by atoms with Crippen molar-refractivity contribution >= 4 is 135 Å². The van der Waals surface area contributed by atoms with Gasteiger partial charge in [0.05, 0.1) is 0 Å². The van der Waals surface area contributed by atoms with Gasteiger partial charge in [0.1, 0.15) is 0 Å². The molecule has 0 aromatic carbocycles. The second-order valence-corrected chi connectivity index (χ2v) is 49.6. The number of unbranched alkanes of at least 4 members (excludes halogenated alkanes) is 12. The van der Waals surface area contributed by atoms with Crippen LogP contribution < -0.4 is 32.6 Å². The molecular weight excluding hydrogens is 992 g/mol. The van der Waals surface area contributed by atoms with E-state index < -0.39 is 34.5 Å². The Labute approximate surface area is 401 Å². The first-order valence-electron chi connectivity index (χ1n) is 24.2. The Morgan fingerprint density at radius 1 is 0.443 bits per heavy atom. The summed E-state index contributed by atoms with van der Waals surface area (Å²) in [5.41, 5.74) is 0. The van der Waals surface area contributed by atoms with E-state index >= 15 is 0 Å². The molecule has 0 spiro atoms. The van der Waals surface area contributed by atoms with Crippen molar-refractivity contribution in [2.45, 2.75) is 177 Å². The smallest absolute Gasteiger partial charge is 0.149 e. The number of rotatable bonds is 23. The van der Waals surface area contributed by atoms with Crippen molar-refractivity contribution in [3.8, 4) is 19.5 Å². The summed E-state index contributed by atoms with van der Waals surface area (Å²) in [5, 5.41) is 11.8. The zero-order valence-electron chi connectivity index (χ0n) is 38.9. The minimum atomic E-state index is -2.11. The first kappa shape index (κ1) is 48.4. The maximum atomic E-state index is 2.76. The third kappa shape index (κ3) is 10.4. The Hall–Kier alpha value is -0.568. The fourth-order valence-electron chi connectivity index (χ4n) is 10.0. The van der Waals surface area contributed by atoms with E-state index in [1.165, 1.54) is 133 Å². The molecule has 6 aromatic rings. The molecule has 8 rings (SSSR count). The van der Waals surface area contributed by atoms with Gasteiger partial charge in [-0.25, -0.2) is 0 Å². The maximum absolute atomic E-state index is 2.76. The number of aryl methyl sites for hydroxylation is 3. The quantitative estimate of drug-likeness (QED) is 0.0443. The molecule has 6 aromatic heterocycles. The number of fused-ring (bicyclic) bond motifs is 6. The van der Waals surface area contributed by atoms with Crippen molar-refractivity contribution in [3.63, 3.8) is 0 Å². The predicted molar refractivity (Wildman–Crippen MR) is 295 cm³/mol. The standard InChI is InChI=1S/C25H33S3Si.C24H32S3Si.3CH3.Sn/c1-4-6-8-9-10-11-17-29(23-14-13-20(28-23)12-7-5-2)21-15-16-26-24(21)25-22(29)18-19(3)27-25;1-3-5-7-8-9-10-18-28(22-13-12-19(27-22)11-6-4-2)20-14-16-25-23(20)24-21(28)15-17-26-24;;;;/h13-15,18H,4-12,17H2,1-3H3;12-17H,3-11,18H2,1-2H3;3*1H3;. The van der Waals surface area contributed by atoms with Crippen LogP contribution in [0.1, 0.15) is 145 Å². The monoisotopic (exact) mass is 1070 g/mol. The van der Waals surface area contributed by atoms with E-state index in [9.17, 15) is 0 Å². The first-order valence-corrected chi connectivity index (χ1v) is 43.7. The van der Waals surface area contributed by atoms with Crippen LogP contribution in [0.2, 0.25) is 26.9 Å². The summed E-state index contributed by atoms with van der Waals surface area (Å²) >= 11 is 10.4. The Kier molecular flexibility index (Phi) is 17.7. The zero-order valence-corrected chi connectivity index (χ0v) is 48.6. The van der Waals surface area contributed by atoms with Crippen molar-refractivity contribution in [2.24, 2.45) is 0 Å². The SMILES string of the molecule is CCCCCCCC[Si]1(c2ccc(CCCC)s2)c2cc(C)sc2-c2s[c]([Sn]([CH3])([CH3])[CH3])cc21.CCCCCCCC[Si]1(c2ccc(CCCC)s2)c2ccsc2-c2sccc21. The zero-order chi connectivity index (χ0) is 43.0. The fraction of sp³-hybridized carbons (Fsp3) is 0.538. The molecule has 0 fully saturated rings. The Morgan fingerprint density at radius 3 is 1.38 bits per heavy atom. The van der Waals surface area contributed by atoms with Gasteiger partial charge in [0, 0.05) is 19.1 Å². The summed E-state index contributed by atoms with van der Waals surface area (Å²) in [4.78, 5) is 19.1. The van der Waals surface area contributed by atoms with Gasteiger partial charge in [-0.2, -0.15) is 0 Å². The van der Waals surface area contributed by atoms with E-state index in [0.29, 0.717) is 0 Å². The normalized spacial score (nSPS) is 16.1. The average Bonchev–Trinajstić information content (AvgIpc) is 4.10. The van der Waals surface area contributed by atoms with Crippen LogP contribution >= 0.6 is 68.0 Å². The van der Waals surface area contributed by atoms with Crippen molar-refractivity contribution in [1.82, 2.24) is 0 Å². The summed E-state index contributed by atoms with van der Waals surface area (Å²) in [6.45, 7) is 11.6. The molecule has 0 radical (unpaired) electrons. The van der Waals surface area contributed by atoms with Crippen LogP contribution in [0.15, 0.2) is 59.3 Å². The maximum Gasteiger partial charge on any atom is 0.164 e. The van der Waals surface area contributed by atoms with Crippen LogP contribution in [-0.2, 0) is 12.8 Å². The number of hydrogen-bond donors (Lipinski definition) is 0. The van der Waals surface area contributed by atoms with Crippen LogP contribution in [0.3, 0.4) is 0 Å². The van der Waals surface area contributed by atoms with Gasteiger partial charge in [0.2, 0.25) is 0 Å². The summed E-state index contributed by atoms with van der Waals surface area (Å²) in [6, 6.07) is 23.2. The molecule has 0 saturated carbocycles. The number of hydrogen-bond acceptors (Lipinski definition) is 6. The summed E-state index contributed by atoms with van der Waals surface area (Å²) in [5.74, 6) is 0. The molecule has 2 aliphatic rings. The minimum absolute atomic E-state index is 1.26. The summed E-state index contributed by atoms with van der Waals surface area (Å²) in [6.07, 6.45) is 24.5. The Morgan fingerprint density at radius 2 is 0.885 bits per heavy atom. The molecule has 0 N–H and O–H groups in total. The van der Waals surface area contributed by atoms with Crippen molar-refractivity contribution < 1.29 is 0 Å². The topological polar surface area (TPSA) is 0 Å². The number of thiophene rings is 6. The van der Waals surface area contributed by atoms with Gasteiger partial charge in [-0.1, -0.05) is 77.0 Å². The predicted octanol–water partition coefficient (Wildman–Crippen LogP) is 14.9. The second-order valence-electron chi connectivity index (χ2n) is 19.1. The molecule has 330 valence electrons. The average molecular weight is 1070 g/mol. The van der Waals surface area contributed by atoms with E-state index in [1.54, 1.807) is 56.7 Å². The molecule has 0 amide bonds. The molecule has 1 atom stereocenters. The van der Waals surface area contributed by atoms with Crippen LogP contribution in [0.5, 0.6) is 0 Å². The third-order valence-corrected chi connectivity index (χ3v) is 42.1. The van der Waals surface area contributed by atoms with Gasteiger partial charge in [-0.3, -0.25) is 0 Å². The molecule has 0 bridgehead atoms. The van der Waals surface area contributed by atoms with Crippen LogP contribution in [0.25, 0.3) is 19.5 Å². The van der Waals surface area contributed by atoms with Crippen molar-refractivity contribution in [3.05, 3.63) is 73.9 Å². The van der Waals surface area contributed by atoms with E-state index in [4.69, 9.17) is 0 Å². The molecule has 9 heteroatoms. The largest absolute Gasteiger partial charge is 0.164 e. The van der Waals surface area contributed by atoms with Crippen LogP contribution in [0, 0.1) is 6.92 Å². The van der Waals surface area contributed by atoms with Crippen LogP contribution in [-0.4, -0.2) is 34.5 Å². The molecule has 61 heavy (non-hydrogen) atoms. The van der Waals surface area contributed by atoms with E-state index in [0.717, 1.165) is 0 Å². The van der Waals surface area contributed by atoms with Gasteiger partial charge in [-0.15, -0.1) is 34.0 Å². The van der Waals surface area contributed by atoms with Crippen LogP contribution in [0.4, 0.5) is 0 Å². The minimum Gasteiger partial charge on any atom is -0.149 e. The van der Waals surface area contributed by atoms with Crippen molar-refractivity contribution in [1.29, 1.82) is 0 Å². The molecule has 0 nitrogen and oxygen atoms in total. The molecule has 2 aliphatic heterocycles. The molecular formula is C52H74S6Si2Sn. The Bertz CT molecular complexity index is 2230. The van der Waals surface area contributed by atoms with Gasteiger partial charge in [-0.05, 0) is 46.1 Å². The second kappa shape index (κ2) is 22.3. The third-order valence-electron chi connectivity index (χ3n) is 13.4. The van der Waals surface area contributed by atoms with Crippen molar-refractivity contribution in [2.75, 3.05) is 0 Å². The summed E-state index contributed by atoms with van der Waals surface area (Å²) < 4.78 is 5.27. The van der Waals surface area contributed by atoms with Gasteiger partial charge < -0.3 is 0 Å². The van der Waals surface area contributed by atoms with Gasteiger partial charge in [0.25, 0.3) is 0 Å². The fourth-order valence-corrected chi connectivity index (χ4v) is 38.0. The molecule has 0 saturated heterocycles. The van der Waals surface area contributed by atoms with E-state index in [2.05, 4.69) is 154 Å². The molecule has 1 unspecified atom stereocenters. The van der Waals surface area contributed by atoms with E-state index in [-0.39, 0.29) is 0 Å².